The molecule has 1 aromatic carbocycles. The van der Waals surface area contributed by atoms with Crippen molar-refractivity contribution in [3.63, 3.8) is 0 Å². The molecule has 5 nitrogen and oxygen atoms in total. The van der Waals surface area contributed by atoms with Crippen LogP contribution in [0.25, 0.3) is 11.3 Å². The number of carbonyl (C=O) groups excluding carboxylic acids is 1. The van der Waals surface area contributed by atoms with Crippen molar-refractivity contribution in [1.82, 2.24) is 20.4 Å². The van der Waals surface area contributed by atoms with E-state index in [1.165, 1.54) is 5.56 Å². The van der Waals surface area contributed by atoms with E-state index in [-0.39, 0.29) is 18.3 Å². The number of nitrogens with zero attached hydrogens (tertiary/aromatic N) is 2. The molecule has 1 amide bonds. The minimum Gasteiger partial charge on any atom is -0.337 e. The van der Waals surface area contributed by atoms with Crippen molar-refractivity contribution in [2.24, 2.45) is 5.92 Å². The second-order valence-corrected chi connectivity index (χ2v) is 6.58. The molecule has 0 saturated carbocycles. The third-order valence-electron chi connectivity index (χ3n) is 4.74. The third-order valence-corrected chi connectivity index (χ3v) is 4.74. The molecule has 0 bridgehead atoms. The molecule has 1 saturated heterocycles. The van der Waals surface area contributed by atoms with Crippen LogP contribution in [0.2, 0.25) is 0 Å². The Morgan fingerprint density at radius 1 is 1.28 bits per heavy atom. The van der Waals surface area contributed by atoms with Crippen LogP contribution < -0.4 is 5.32 Å². The Kier molecular flexibility index (Phi) is 7.02. The molecular formula is C19H27ClN4O. The van der Waals surface area contributed by atoms with Gasteiger partial charge in [-0.15, -0.1) is 12.4 Å². The van der Waals surface area contributed by atoms with E-state index >= 15 is 0 Å². The maximum absolute atomic E-state index is 12.7. The van der Waals surface area contributed by atoms with Crippen LogP contribution in [-0.2, 0) is 0 Å². The smallest absolute Gasteiger partial charge is 0.271 e. The van der Waals surface area contributed by atoms with Gasteiger partial charge in [0.2, 0.25) is 0 Å². The number of amides is 1. The Bertz CT molecular complexity index is 675. The molecule has 136 valence electrons. The van der Waals surface area contributed by atoms with Gasteiger partial charge in [-0.3, -0.25) is 9.89 Å². The zero-order valence-corrected chi connectivity index (χ0v) is 15.7. The summed E-state index contributed by atoms with van der Waals surface area (Å²) >= 11 is 0. The van der Waals surface area contributed by atoms with Crippen LogP contribution in [0.5, 0.6) is 0 Å². The third kappa shape index (κ3) is 4.83. The molecule has 1 aliphatic heterocycles. The van der Waals surface area contributed by atoms with Gasteiger partial charge in [0.05, 0.1) is 5.69 Å². The summed E-state index contributed by atoms with van der Waals surface area (Å²) in [5, 5.41) is 10.6. The number of piperidine rings is 1. The topological polar surface area (TPSA) is 61.0 Å². The number of halogens is 1. The first-order chi connectivity index (χ1) is 11.7. The highest BCUT2D eigenvalue weighted by atomic mass is 35.5. The van der Waals surface area contributed by atoms with Crippen molar-refractivity contribution < 1.29 is 4.79 Å². The van der Waals surface area contributed by atoms with Crippen molar-refractivity contribution in [3.8, 4) is 11.3 Å². The van der Waals surface area contributed by atoms with E-state index in [1.54, 1.807) is 0 Å². The fourth-order valence-corrected chi connectivity index (χ4v) is 3.16. The number of benzene rings is 1. The summed E-state index contributed by atoms with van der Waals surface area (Å²) in [5.41, 5.74) is 3.64. The molecule has 3 rings (SSSR count). The van der Waals surface area contributed by atoms with Gasteiger partial charge in [0.15, 0.2) is 0 Å². The Balaban J connectivity index is 0.00000225. The number of aromatic amines is 1. The highest BCUT2D eigenvalue weighted by Gasteiger charge is 2.24. The molecule has 2 N–H and O–H groups in total. The van der Waals surface area contributed by atoms with Crippen molar-refractivity contribution in [3.05, 3.63) is 41.6 Å². The van der Waals surface area contributed by atoms with Gasteiger partial charge in [-0.1, -0.05) is 36.8 Å². The van der Waals surface area contributed by atoms with E-state index in [4.69, 9.17) is 0 Å². The molecule has 1 fully saturated rings. The molecule has 0 atom stereocenters. The van der Waals surface area contributed by atoms with Crippen molar-refractivity contribution in [1.29, 1.82) is 0 Å². The van der Waals surface area contributed by atoms with E-state index in [9.17, 15) is 4.79 Å². The average Bonchev–Trinajstić information content (AvgIpc) is 3.10. The van der Waals surface area contributed by atoms with Crippen LogP contribution in [0.15, 0.2) is 30.3 Å². The average molecular weight is 363 g/mol. The quantitative estimate of drug-likeness (QED) is 0.858. The highest BCUT2D eigenvalue weighted by Crippen LogP contribution is 2.21. The van der Waals surface area contributed by atoms with E-state index in [0.29, 0.717) is 11.6 Å². The van der Waals surface area contributed by atoms with E-state index in [1.807, 2.05) is 23.1 Å². The van der Waals surface area contributed by atoms with E-state index in [0.717, 1.165) is 50.3 Å². The Hall–Kier alpha value is -1.85. The lowest BCUT2D eigenvalue weighted by atomic mass is 9.96. The lowest BCUT2D eigenvalue weighted by molar-refractivity contribution is 0.0684. The van der Waals surface area contributed by atoms with Crippen LogP contribution >= 0.6 is 12.4 Å². The van der Waals surface area contributed by atoms with Crippen molar-refractivity contribution in [2.75, 3.05) is 26.2 Å². The summed E-state index contributed by atoms with van der Waals surface area (Å²) in [6, 6.07) is 10.0. The Morgan fingerprint density at radius 3 is 2.60 bits per heavy atom. The van der Waals surface area contributed by atoms with Crippen LogP contribution in [0, 0.1) is 12.8 Å². The number of aryl methyl sites for hydroxylation is 1. The molecule has 6 heteroatoms. The van der Waals surface area contributed by atoms with E-state index in [2.05, 4.69) is 41.5 Å². The molecule has 0 radical (unpaired) electrons. The van der Waals surface area contributed by atoms with Gasteiger partial charge in [-0.2, -0.15) is 5.10 Å². The summed E-state index contributed by atoms with van der Waals surface area (Å²) in [4.78, 5) is 14.6. The summed E-state index contributed by atoms with van der Waals surface area (Å²) < 4.78 is 0. The molecule has 1 aromatic heterocycles. The van der Waals surface area contributed by atoms with Gasteiger partial charge in [0, 0.05) is 18.7 Å². The minimum absolute atomic E-state index is 0. The van der Waals surface area contributed by atoms with Gasteiger partial charge in [-0.25, -0.2) is 0 Å². The zero-order valence-electron chi connectivity index (χ0n) is 14.9. The summed E-state index contributed by atoms with van der Waals surface area (Å²) in [6.45, 7) is 7.91. The highest BCUT2D eigenvalue weighted by molar-refractivity contribution is 5.93. The van der Waals surface area contributed by atoms with Gasteiger partial charge in [-0.05, 0) is 44.8 Å². The molecule has 0 unspecified atom stereocenters. The molecule has 2 aromatic rings. The van der Waals surface area contributed by atoms with Gasteiger partial charge in [0.1, 0.15) is 5.69 Å². The summed E-state index contributed by atoms with van der Waals surface area (Å²) in [6.07, 6.45) is 2.13. The fourth-order valence-electron chi connectivity index (χ4n) is 3.16. The summed E-state index contributed by atoms with van der Waals surface area (Å²) in [5.74, 6) is 0.738. The fraction of sp³-hybridized carbons (Fsp3) is 0.474. The normalized spacial score (nSPS) is 15.0. The number of hydrogen-bond donors (Lipinski definition) is 2. The number of aromatic nitrogens is 2. The maximum Gasteiger partial charge on any atom is 0.271 e. The number of H-pyrrole nitrogens is 1. The second-order valence-electron chi connectivity index (χ2n) is 6.58. The monoisotopic (exact) mass is 362 g/mol. The van der Waals surface area contributed by atoms with Crippen LogP contribution in [0.4, 0.5) is 0 Å². The first-order valence-electron chi connectivity index (χ1n) is 8.80. The number of nitrogens with one attached hydrogen (secondary N) is 2. The van der Waals surface area contributed by atoms with Crippen LogP contribution in [-0.4, -0.2) is 47.2 Å². The van der Waals surface area contributed by atoms with Gasteiger partial charge >= 0.3 is 0 Å². The molecule has 0 aliphatic carbocycles. The SMILES string of the molecule is CCNCC1CCN(C(=O)c2cc(-c3ccc(C)cc3)n[nH]2)CC1.Cl. The number of hydrogen-bond acceptors (Lipinski definition) is 3. The van der Waals surface area contributed by atoms with Crippen LogP contribution in [0.1, 0.15) is 35.8 Å². The lowest BCUT2D eigenvalue weighted by Gasteiger charge is -2.31. The largest absolute Gasteiger partial charge is 0.337 e. The number of carbonyl (C=O) groups is 1. The standard InChI is InChI=1S/C19H26N4O.ClH/c1-3-20-13-15-8-10-23(11-9-15)19(24)18-12-17(21-22-18)16-6-4-14(2)5-7-16;/h4-7,12,15,20H,3,8-11,13H2,1-2H3,(H,21,22);1H. The molecule has 0 spiro atoms. The number of rotatable bonds is 5. The second kappa shape index (κ2) is 9.02. The minimum atomic E-state index is 0. The zero-order chi connectivity index (χ0) is 16.9. The van der Waals surface area contributed by atoms with Gasteiger partial charge < -0.3 is 10.2 Å². The number of likely N-dealkylation sites (tertiary alicyclic amines) is 1. The first kappa shape index (κ1) is 19.5. The predicted molar refractivity (Wildman–Crippen MR) is 103 cm³/mol. The molecular weight excluding hydrogens is 336 g/mol. The molecule has 25 heavy (non-hydrogen) atoms. The van der Waals surface area contributed by atoms with Gasteiger partial charge in [0.25, 0.3) is 5.91 Å². The van der Waals surface area contributed by atoms with Crippen molar-refractivity contribution >= 4 is 18.3 Å². The van der Waals surface area contributed by atoms with Crippen LogP contribution in [0.3, 0.4) is 0 Å². The first-order valence-corrected chi connectivity index (χ1v) is 8.80. The van der Waals surface area contributed by atoms with Crippen molar-refractivity contribution in [2.45, 2.75) is 26.7 Å². The molecule has 2 heterocycles. The Morgan fingerprint density at radius 2 is 1.96 bits per heavy atom. The summed E-state index contributed by atoms with van der Waals surface area (Å²) in [7, 11) is 0. The maximum atomic E-state index is 12.7. The predicted octanol–water partition coefficient (Wildman–Crippen LogP) is 3.27. The Labute approximate surface area is 155 Å². The van der Waals surface area contributed by atoms with E-state index < -0.39 is 0 Å². The molecule has 1 aliphatic rings. The lowest BCUT2D eigenvalue weighted by Crippen LogP contribution is -2.40.